The summed E-state index contributed by atoms with van der Waals surface area (Å²) in [6.45, 7) is 2.51. The van der Waals surface area contributed by atoms with E-state index in [1.54, 1.807) is 19.1 Å². The molecule has 0 aliphatic carbocycles. The molecule has 0 bridgehead atoms. The Bertz CT molecular complexity index is 655. The van der Waals surface area contributed by atoms with Crippen molar-refractivity contribution < 1.29 is 9.53 Å². The Labute approximate surface area is 133 Å². The standard InChI is InChI=1S/C17H18BrNO2/c1-12-8-9-13(10-15(12)18)17(20)19(2)11-14-6-4-5-7-16(14)21-3/h4-10H,11H2,1-3H3. The molecule has 0 unspecified atom stereocenters. The fraction of sp³-hybridized carbons (Fsp3) is 0.235. The van der Waals surface area contributed by atoms with Crippen LogP contribution in [0.15, 0.2) is 46.9 Å². The van der Waals surface area contributed by atoms with Gasteiger partial charge in [0.15, 0.2) is 0 Å². The molecule has 21 heavy (non-hydrogen) atoms. The predicted octanol–water partition coefficient (Wildman–Crippen LogP) is 4.04. The molecule has 0 saturated heterocycles. The van der Waals surface area contributed by atoms with Crippen LogP contribution in [-0.2, 0) is 6.54 Å². The Hall–Kier alpha value is -1.81. The topological polar surface area (TPSA) is 29.5 Å². The van der Waals surface area contributed by atoms with E-state index in [1.165, 1.54) is 0 Å². The number of benzene rings is 2. The van der Waals surface area contributed by atoms with E-state index in [0.29, 0.717) is 12.1 Å². The zero-order valence-electron chi connectivity index (χ0n) is 12.4. The molecule has 2 rings (SSSR count). The summed E-state index contributed by atoms with van der Waals surface area (Å²) in [4.78, 5) is 14.2. The first kappa shape index (κ1) is 15.6. The third-order valence-electron chi connectivity index (χ3n) is 3.37. The minimum absolute atomic E-state index is 0.0124. The average molecular weight is 348 g/mol. The second-order valence-corrected chi connectivity index (χ2v) is 5.79. The first-order valence-electron chi connectivity index (χ1n) is 6.66. The highest BCUT2D eigenvalue weighted by molar-refractivity contribution is 9.10. The van der Waals surface area contributed by atoms with Gasteiger partial charge in [0.05, 0.1) is 7.11 Å². The SMILES string of the molecule is COc1ccccc1CN(C)C(=O)c1ccc(C)c(Br)c1. The monoisotopic (exact) mass is 347 g/mol. The van der Waals surface area contributed by atoms with E-state index < -0.39 is 0 Å². The average Bonchev–Trinajstić information content (AvgIpc) is 2.49. The lowest BCUT2D eigenvalue weighted by atomic mass is 10.1. The number of hydrogen-bond acceptors (Lipinski definition) is 2. The van der Waals surface area contributed by atoms with Crippen molar-refractivity contribution in [1.29, 1.82) is 0 Å². The third kappa shape index (κ3) is 3.64. The molecule has 0 heterocycles. The fourth-order valence-corrected chi connectivity index (χ4v) is 2.49. The number of hydrogen-bond donors (Lipinski definition) is 0. The number of aryl methyl sites for hydroxylation is 1. The van der Waals surface area contributed by atoms with Crippen LogP contribution in [0.4, 0.5) is 0 Å². The van der Waals surface area contributed by atoms with Gasteiger partial charge in [-0.15, -0.1) is 0 Å². The van der Waals surface area contributed by atoms with Crippen LogP contribution >= 0.6 is 15.9 Å². The van der Waals surface area contributed by atoms with Crippen molar-refractivity contribution >= 4 is 21.8 Å². The summed E-state index contributed by atoms with van der Waals surface area (Å²) in [5, 5.41) is 0. The molecular formula is C17H18BrNO2. The highest BCUT2D eigenvalue weighted by Crippen LogP contribution is 2.21. The van der Waals surface area contributed by atoms with Gasteiger partial charge in [0, 0.05) is 29.2 Å². The van der Waals surface area contributed by atoms with E-state index in [0.717, 1.165) is 21.3 Å². The third-order valence-corrected chi connectivity index (χ3v) is 4.22. The number of carbonyl (C=O) groups is 1. The Morgan fingerprint density at radius 1 is 1.24 bits per heavy atom. The normalized spacial score (nSPS) is 10.3. The lowest BCUT2D eigenvalue weighted by molar-refractivity contribution is 0.0784. The van der Waals surface area contributed by atoms with Crippen molar-refractivity contribution in [3.63, 3.8) is 0 Å². The Balaban J connectivity index is 2.17. The molecule has 1 amide bonds. The van der Waals surface area contributed by atoms with Crippen LogP contribution in [0.1, 0.15) is 21.5 Å². The van der Waals surface area contributed by atoms with Crippen LogP contribution in [0, 0.1) is 6.92 Å². The van der Waals surface area contributed by atoms with Crippen molar-refractivity contribution in [2.75, 3.05) is 14.2 Å². The maximum Gasteiger partial charge on any atom is 0.253 e. The molecular weight excluding hydrogens is 330 g/mol. The van der Waals surface area contributed by atoms with Crippen molar-refractivity contribution in [1.82, 2.24) is 4.90 Å². The molecule has 2 aromatic rings. The highest BCUT2D eigenvalue weighted by atomic mass is 79.9. The molecule has 0 aromatic heterocycles. The van der Waals surface area contributed by atoms with Crippen LogP contribution in [-0.4, -0.2) is 25.0 Å². The van der Waals surface area contributed by atoms with Crippen LogP contribution in [0.5, 0.6) is 5.75 Å². The number of ether oxygens (including phenoxy) is 1. The molecule has 4 heteroatoms. The number of methoxy groups -OCH3 is 1. The lowest BCUT2D eigenvalue weighted by Gasteiger charge is -2.19. The molecule has 0 radical (unpaired) electrons. The Morgan fingerprint density at radius 2 is 1.95 bits per heavy atom. The van der Waals surface area contributed by atoms with Crippen LogP contribution < -0.4 is 4.74 Å². The summed E-state index contributed by atoms with van der Waals surface area (Å²) in [6, 6.07) is 13.4. The summed E-state index contributed by atoms with van der Waals surface area (Å²) < 4.78 is 6.26. The van der Waals surface area contributed by atoms with Gasteiger partial charge in [0.2, 0.25) is 0 Å². The molecule has 0 fully saturated rings. The molecule has 0 saturated carbocycles. The smallest absolute Gasteiger partial charge is 0.253 e. The van der Waals surface area contributed by atoms with E-state index in [9.17, 15) is 4.79 Å². The van der Waals surface area contributed by atoms with E-state index in [-0.39, 0.29) is 5.91 Å². The minimum Gasteiger partial charge on any atom is -0.496 e. The van der Waals surface area contributed by atoms with E-state index in [1.807, 2.05) is 49.4 Å². The first-order chi connectivity index (χ1) is 10.0. The number of para-hydroxylation sites is 1. The maximum atomic E-state index is 12.5. The second kappa shape index (κ2) is 6.76. The van der Waals surface area contributed by atoms with Gasteiger partial charge >= 0.3 is 0 Å². The van der Waals surface area contributed by atoms with Gasteiger partial charge in [-0.3, -0.25) is 4.79 Å². The number of rotatable bonds is 4. The number of carbonyl (C=O) groups excluding carboxylic acids is 1. The quantitative estimate of drug-likeness (QED) is 0.835. The van der Waals surface area contributed by atoms with Gasteiger partial charge in [-0.25, -0.2) is 0 Å². The summed E-state index contributed by atoms with van der Waals surface area (Å²) in [5.74, 6) is 0.781. The molecule has 2 aromatic carbocycles. The summed E-state index contributed by atoms with van der Waals surface area (Å²) in [7, 11) is 3.43. The molecule has 0 aliphatic heterocycles. The first-order valence-corrected chi connectivity index (χ1v) is 7.45. The second-order valence-electron chi connectivity index (χ2n) is 4.94. The molecule has 110 valence electrons. The maximum absolute atomic E-state index is 12.5. The molecule has 0 spiro atoms. The molecule has 0 N–H and O–H groups in total. The van der Waals surface area contributed by atoms with Crippen molar-refractivity contribution in [2.45, 2.75) is 13.5 Å². The largest absolute Gasteiger partial charge is 0.496 e. The molecule has 0 atom stereocenters. The number of nitrogens with zero attached hydrogens (tertiary/aromatic N) is 1. The zero-order chi connectivity index (χ0) is 15.4. The van der Waals surface area contributed by atoms with Crippen molar-refractivity contribution in [3.05, 3.63) is 63.6 Å². The van der Waals surface area contributed by atoms with E-state index >= 15 is 0 Å². The lowest BCUT2D eigenvalue weighted by Crippen LogP contribution is -2.26. The van der Waals surface area contributed by atoms with Crippen molar-refractivity contribution in [3.8, 4) is 5.75 Å². The molecule has 0 aliphatic rings. The fourth-order valence-electron chi connectivity index (χ4n) is 2.11. The minimum atomic E-state index is -0.0124. The van der Waals surface area contributed by atoms with Crippen LogP contribution in [0.25, 0.3) is 0 Å². The highest BCUT2D eigenvalue weighted by Gasteiger charge is 2.14. The van der Waals surface area contributed by atoms with Gasteiger partial charge in [-0.05, 0) is 30.7 Å². The van der Waals surface area contributed by atoms with Crippen molar-refractivity contribution in [2.24, 2.45) is 0 Å². The Morgan fingerprint density at radius 3 is 2.62 bits per heavy atom. The summed E-state index contributed by atoms with van der Waals surface area (Å²) in [6.07, 6.45) is 0. The van der Waals surface area contributed by atoms with Gasteiger partial charge in [0.1, 0.15) is 5.75 Å². The van der Waals surface area contributed by atoms with Gasteiger partial charge in [0.25, 0.3) is 5.91 Å². The number of halogens is 1. The predicted molar refractivity (Wildman–Crippen MR) is 87.7 cm³/mol. The summed E-state index contributed by atoms with van der Waals surface area (Å²) >= 11 is 3.46. The number of amides is 1. The summed E-state index contributed by atoms with van der Waals surface area (Å²) in [5.41, 5.74) is 2.77. The van der Waals surface area contributed by atoms with Crippen LogP contribution in [0.2, 0.25) is 0 Å². The Kier molecular flexibility index (Phi) is 5.02. The van der Waals surface area contributed by atoms with Gasteiger partial charge < -0.3 is 9.64 Å². The van der Waals surface area contributed by atoms with E-state index in [2.05, 4.69) is 15.9 Å². The van der Waals surface area contributed by atoms with Gasteiger partial charge in [-0.1, -0.05) is 40.2 Å². The molecule has 3 nitrogen and oxygen atoms in total. The van der Waals surface area contributed by atoms with Crippen LogP contribution in [0.3, 0.4) is 0 Å². The van der Waals surface area contributed by atoms with Gasteiger partial charge in [-0.2, -0.15) is 0 Å². The zero-order valence-corrected chi connectivity index (χ0v) is 14.0. The van der Waals surface area contributed by atoms with E-state index in [4.69, 9.17) is 4.74 Å².